The van der Waals surface area contributed by atoms with Crippen LogP contribution in [-0.2, 0) is 0 Å². The molecule has 0 fully saturated rings. The summed E-state index contributed by atoms with van der Waals surface area (Å²) in [5.74, 6) is 0.463. The second-order valence-corrected chi connectivity index (χ2v) is 5.33. The van der Waals surface area contributed by atoms with Crippen molar-refractivity contribution < 1.29 is 4.74 Å². The summed E-state index contributed by atoms with van der Waals surface area (Å²) in [6, 6.07) is 6.59. The smallest absolute Gasteiger partial charge is 0.163 e. The number of allylic oxidation sites excluding steroid dienone is 2. The standard InChI is InChI=1S/C12H5Br2ClN4O/c1-20-12-7(13)2-8(15)11(10(12)14)19-9(5-18)6(3-16)4-17/h2,19H,1H3. The Morgan fingerprint density at radius 1 is 1.25 bits per heavy atom. The number of ether oxygens (including phenoxy) is 1. The van der Waals surface area contributed by atoms with Crippen LogP contribution in [0.3, 0.4) is 0 Å². The van der Waals surface area contributed by atoms with Crippen molar-refractivity contribution in [1.29, 1.82) is 15.8 Å². The van der Waals surface area contributed by atoms with Crippen LogP contribution in [0.15, 0.2) is 26.3 Å². The van der Waals surface area contributed by atoms with Crippen LogP contribution < -0.4 is 10.1 Å². The van der Waals surface area contributed by atoms with E-state index in [1.807, 2.05) is 0 Å². The van der Waals surface area contributed by atoms with Crippen LogP contribution in [0.25, 0.3) is 0 Å². The molecule has 100 valence electrons. The van der Waals surface area contributed by atoms with Crippen molar-refractivity contribution in [1.82, 2.24) is 0 Å². The van der Waals surface area contributed by atoms with Gasteiger partial charge in [0, 0.05) is 0 Å². The second-order valence-electron chi connectivity index (χ2n) is 3.27. The van der Waals surface area contributed by atoms with Crippen LogP contribution in [0.4, 0.5) is 5.69 Å². The van der Waals surface area contributed by atoms with E-state index in [0.29, 0.717) is 20.4 Å². The molecule has 0 aliphatic heterocycles. The first-order valence-corrected chi connectivity index (χ1v) is 6.89. The van der Waals surface area contributed by atoms with Crippen molar-refractivity contribution >= 4 is 49.1 Å². The highest BCUT2D eigenvalue weighted by Crippen LogP contribution is 2.43. The molecule has 0 aromatic heterocycles. The third-order valence-corrected chi connectivity index (χ3v) is 3.81. The molecule has 0 radical (unpaired) electrons. The molecule has 1 rings (SSSR count). The lowest BCUT2D eigenvalue weighted by molar-refractivity contribution is 0.410. The van der Waals surface area contributed by atoms with Crippen molar-refractivity contribution in [3.8, 4) is 24.0 Å². The molecule has 0 spiro atoms. The summed E-state index contributed by atoms with van der Waals surface area (Å²) < 4.78 is 6.26. The molecule has 0 atom stereocenters. The number of halogens is 3. The number of benzene rings is 1. The second kappa shape index (κ2) is 7.17. The molecule has 0 amide bonds. The number of rotatable bonds is 3. The quantitative estimate of drug-likeness (QED) is 0.749. The van der Waals surface area contributed by atoms with Gasteiger partial charge in [-0.15, -0.1) is 0 Å². The SMILES string of the molecule is COc1c(Br)cc(Cl)c(NC(C#N)=C(C#N)C#N)c1Br. The Labute approximate surface area is 137 Å². The summed E-state index contributed by atoms with van der Waals surface area (Å²) in [7, 11) is 1.47. The zero-order valence-corrected chi connectivity index (χ0v) is 13.9. The van der Waals surface area contributed by atoms with E-state index >= 15 is 0 Å². The summed E-state index contributed by atoms with van der Waals surface area (Å²) in [4.78, 5) is 0. The molecule has 1 aromatic rings. The first-order valence-electron chi connectivity index (χ1n) is 4.93. The van der Waals surface area contributed by atoms with Crippen LogP contribution in [0.1, 0.15) is 0 Å². The first kappa shape index (κ1) is 16.3. The van der Waals surface area contributed by atoms with Gasteiger partial charge in [0.2, 0.25) is 0 Å². The van der Waals surface area contributed by atoms with Crippen molar-refractivity contribution in [3.05, 3.63) is 31.3 Å². The van der Waals surface area contributed by atoms with Gasteiger partial charge in [0.05, 0.1) is 26.8 Å². The minimum absolute atomic E-state index is 0.193. The van der Waals surface area contributed by atoms with E-state index in [-0.39, 0.29) is 16.3 Å². The zero-order valence-electron chi connectivity index (χ0n) is 9.96. The topological polar surface area (TPSA) is 92.6 Å². The van der Waals surface area contributed by atoms with Crippen LogP contribution in [0, 0.1) is 34.0 Å². The van der Waals surface area contributed by atoms with Crippen molar-refractivity contribution in [2.24, 2.45) is 0 Å². The lowest BCUT2D eigenvalue weighted by Crippen LogP contribution is -2.03. The molecule has 1 N–H and O–H groups in total. The Kier molecular flexibility index (Phi) is 5.85. The summed E-state index contributed by atoms with van der Waals surface area (Å²) in [6.07, 6.45) is 0. The monoisotopic (exact) mass is 414 g/mol. The summed E-state index contributed by atoms with van der Waals surface area (Å²) in [5.41, 5.74) is -0.203. The minimum atomic E-state index is -0.336. The fourth-order valence-corrected chi connectivity index (χ4v) is 3.32. The average molecular weight is 416 g/mol. The summed E-state index contributed by atoms with van der Waals surface area (Å²) in [6.45, 7) is 0. The van der Waals surface area contributed by atoms with Crippen LogP contribution in [0.2, 0.25) is 5.02 Å². The van der Waals surface area contributed by atoms with Gasteiger partial charge >= 0.3 is 0 Å². The molecule has 5 nitrogen and oxygen atoms in total. The molecule has 0 bridgehead atoms. The third kappa shape index (κ3) is 3.23. The van der Waals surface area contributed by atoms with E-state index in [1.54, 1.807) is 24.3 Å². The van der Waals surface area contributed by atoms with E-state index in [9.17, 15) is 0 Å². The van der Waals surface area contributed by atoms with Crippen molar-refractivity contribution in [2.45, 2.75) is 0 Å². The number of nitrogens with one attached hydrogen (secondary N) is 1. The predicted molar refractivity (Wildman–Crippen MR) is 80.9 cm³/mol. The lowest BCUT2D eigenvalue weighted by atomic mass is 10.2. The summed E-state index contributed by atoms with van der Waals surface area (Å²) in [5, 5.41) is 29.5. The maximum Gasteiger partial charge on any atom is 0.163 e. The molecule has 1 aromatic carbocycles. The predicted octanol–water partition coefficient (Wildman–Crippen LogP) is 4.11. The molecular formula is C12H5Br2ClN4O. The Balaban J connectivity index is 3.45. The maximum absolute atomic E-state index is 9.01. The Bertz CT molecular complexity index is 694. The van der Waals surface area contributed by atoms with Crippen molar-refractivity contribution in [2.75, 3.05) is 12.4 Å². The molecule has 20 heavy (non-hydrogen) atoms. The van der Waals surface area contributed by atoms with Gasteiger partial charge in [0.15, 0.2) is 5.57 Å². The van der Waals surface area contributed by atoms with Crippen LogP contribution >= 0.6 is 43.5 Å². The Morgan fingerprint density at radius 3 is 2.30 bits per heavy atom. The molecule has 0 saturated heterocycles. The number of methoxy groups -OCH3 is 1. The first-order chi connectivity index (χ1) is 9.49. The van der Waals surface area contributed by atoms with Crippen molar-refractivity contribution in [3.63, 3.8) is 0 Å². The average Bonchev–Trinajstić information content (AvgIpc) is 2.42. The fraction of sp³-hybridized carbons (Fsp3) is 0.0833. The van der Waals surface area contributed by atoms with E-state index in [1.165, 1.54) is 7.11 Å². The molecule has 0 heterocycles. The Hall–Kier alpha value is -1.72. The maximum atomic E-state index is 9.01. The van der Waals surface area contributed by atoms with Gasteiger partial charge in [-0.1, -0.05) is 11.6 Å². The molecule has 0 aliphatic carbocycles. The van der Waals surface area contributed by atoms with Gasteiger partial charge < -0.3 is 10.1 Å². The highest BCUT2D eigenvalue weighted by molar-refractivity contribution is 9.11. The van der Waals surface area contributed by atoms with Gasteiger partial charge in [0.1, 0.15) is 29.7 Å². The molecular weight excluding hydrogens is 411 g/mol. The largest absolute Gasteiger partial charge is 0.494 e. The molecule has 8 heteroatoms. The van der Waals surface area contributed by atoms with Gasteiger partial charge in [0.25, 0.3) is 0 Å². The zero-order chi connectivity index (χ0) is 15.3. The lowest BCUT2D eigenvalue weighted by Gasteiger charge is -2.14. The number of nitriles is 3. The fourth-order valence-electron chi connectivity index (χ4n) is 1.28. The number of anilines is 1. The summed E-state index contributed by atoms with van der Waals surface area (Å²) >= 11 is 12.7. The highest BCUT2D eigenvalue weighted by atomic mass is 79.9. The molecule has 0 unspecified atom stereocenters. The molecule has 0 aliphatic rings. The van der Waals surface area contributed by atoms with Gasteiger partial charge in [-0.05, 0) is 37.9 Å². The van der Waals surface area contributed by atoms with Crippen LogP contribution in [0.5, 0.6) is 5.75 Å². The van der Waals surface area contributed by atoms with Gasteiger partial charge in [-0.3, -0.25) is 0 Å². The normalized spacial score (nSPS) is 8.85. The number of hydrogen-bond acceptors (Lipinski definition) is 5. The van der Waals surface area contributed by atoms with Gasteiger partial charge in [-0.2, -0.15) is 15.8 Å². The minimum Gasteiger partial charge on any atom is -0.494 e. The van der Waals surface area contributed by atoms with E-state index in [2.05, 4.69) is 37.2 Å². The van der Waals surface area contributed by atoms with Crippen LogP contribution in [-0.4, -0.2) is 7.11 Å². The highest BCUT2D eigenvalue weighted by Gasteiger charge is 2.17. The Morgan fingerprint density at radius 2 is 1.85 bits per heavy atom. The third-order valence-electron chi connectivity index (χ3n) is 2.17. The number of nitrogens with zero attached hydrogens (tertiary/aromatic N) is 3. The molecule has 0 saturated carbocycles. The van der Waals surface area contributed by atoms with E-state index in [4.69, 9.17) is 32.1 Å². The van der Waals surface area contributed by atoms with E-state index in [0.717, 1.165) is 0 Å². The van der Waals surface area contributed by atoms with E-state index < -0.39 is 0 Å². The number of hydrogen-bond donors (Lipinski definition) is 1. The van der Waals surface area contributed by atoms with Gasteiger partial charge in [-0.25, -0.2) is 0 Å².